The number of hydrogen-bond donors (Lipinski definition) is 2. The van der Waals surface area contributed by atoms with Crippen LogP contribution in [0.3, 0.4) is 0 Å². The summed E-state index contributed by atoms with van der Waals surface area (Å²) in [5.41, 5.74) is 4.04. The van der Waals surface area contributed by atoms with Crippen LogP contribution in [0.15, 0.2) is 24.4 Å². The maximum atomic E-state index is 13.5. The maximum Gasteiger partial charge on any atom is 0.254 e. The standard InChI is InChI=1S/C23H27N5O2/c1-13(2)19-10-23(9-16-12-24-27-21(16)20(29)11-23)6-7-28(19)22(30)15-4-5-17-18(8-15)26-14(3)25-17/h4-5,8,12-13,19H,6-7,9-11H2,1-3H3,(H,24,27)(H,25,26). The van der Waals surface area contributed by atoms with Gasteiger partial charge in [-0.25, -0.2) is 4.98 Å². The molecule has 156 valence electrons. The van der Waals surface area contributed by atoms with Crippen molar-refractivity contribution >= 4 is 22.7 Å². The van der Waals surface area contributed by atoms with Gasteiger partial charge in [-0.1, -0.05) is 13.8 Å². The van der Waals surface area contributed by atoms with E-state index in [0.717, 1.165) is 41.7 Å². The molecule has 0 saturated carbocycles. The fraction of sp³-hybridized carbons (Fsp3) is 0.478. The first-order valence-corrected chi connectivity index (χ1v) is 10.7. The van der Waals surface area contributed by atoms with E-state index in [9.17, 15) is 9.59 Å². The number of nitrogens with one attached hydrogen (secondary N) is 2. The van der Waals surface area contributed by atoms with Gasteiger partial charge in [0.2, 0.25) is 0 Å². The van der Waals surface area contributed by atoms with Gasteiger partial charge in [0.25, 0.3) is 5.91 Å². The summed E-state index contributed by atoms with van der Waals surface area (Å²) in [7, 11) is 0. The Morgan fingerprint density at radius 3 is 2.93 bits per heavy atom. The first kappa shape index (κ1) is 19.0. The molecule has 7 heteroatoms. The molecule has 1 saturated heterocycles. The van der Waals surface area contributed by atoms with E-state index in [1.807, 2.05) is 30.0 Å². The number of benzene rings is 1. The number of Topliss-reactive ketones (excluding diaryl/α,β-unsaturated/α-hetero) is 1. The van der Waals surface area contributed by atoms with Gasteiger partial charge >= 0.3 is 0 Å². The van der Waals surface area contributed by atoms with Gasteiger partial charge in [-0.3, -0.25) is 14.7 Å². The quantitative estimate of drug-likeness (QED) is 0.680. The fourth-order valence-corrected chi connectivity index (χ4v) is 5.36. The van der Waals surface area contributed by atoms with Gasteiger partial charge in [-0.05, 0) is 55.7 Å². The molecule has 2 unspecified atom stereocenters. The van der Waals surface area contributed by atoms with E-state index in [0.29, 0.717) is 30.1 Å². The van der Waals surface area contributed by atoms with Gasteiger partial charge in [0.15, 0.2) is 5.78 Å². The van der Waals surface area contributed by atoms with Crippen LogP contribution in [0.2, 0.25) is 0 Å². The molecule has 1 aliphatic heterocycles. The summed E-state index contributed by atoms with van der Waals surface area (Å²) in [4.78, 5) is 35.9. The Labute approximate surface area is 175 Å². The van der Waals surface area contributed by atoms with Crippen LogP contribution in [0.1, 0.15) is 65.3 Å². The Morgan fingerprint density at radius 2 is 2.13 bits per heavy atom. The Balaban J connectivity index is 1.42. The van der Waals surface area contributed by atoms with Crippen LogP contribution < -0.4 is 0 Å². The molecule has 1 aliphatic carbocycles. The van der Waals surface area contributed by atoms with E-state index in [4.69, 9.17) is 0 Å². The SMILES string of the molecule is Cc1nc2cc(C(=O)N3CCC4(CC(=O)c5[nH]ncc5C4)CC3C(C)C)ccc2[nH]1. The number of imidazole rings is 1. The molecule has 3 heterocycles. The number of aromatic nitrogens is 4. The van der Waals surface area contributed by atoms with Gasteiger partial charge in [0.05, 0.1) is 17.2 Å². The number of aromatic amines is 2. The van der Waals surface area contributed by atoms with Gasteiger partial charge in [0, 0.05) is 30.1 Å². The Kier molecular flexibility index (Phi) is 4.31. The third-order valence-electron chi connectivity index (χ3n) is 6.90. The third-order valence-corrected chi connectivity index (χ3v) is 6.90. The van der Waals surface area contributed by atoms with Crippen molar-refractivity contribution in [2.45, 2.75) is 52.5 Å². The van der Waals surface area contributed by atoms with E-state index >= 15 is 0 Å². The minimum Gasteiger partial charge on any atom is -0.342 e. The number of carbonyl (C=O) groups is 2. The second-order valence-corrected chi connectivity index (χ2v) is 9.37. The van der Waals surface area contributed by atoms with E-state index in [-0.39, 0.29) is 23.1 Å². The molecule has 2 atom stereocenters. The molecule has 0 radical (unpaired) electrons. The normalized spacial score (nSPS) is 24.1. The van der Waals surface area contributed by atoms with E-state index in [2.05, 4.69) is 34.0 Å². The molecular formula is C23H27N5O2. The summed E-state index contributed by atoms with van der Waals surface area (Å²) in [6, 6.07) is 5.79. The largest absolute Gasteiger partial charge is 0.342 e. The topological polar surface area (TPSA) is 94.7 Å². The minimum absolute atomic E-state index is 0.0530. The molecule has 1 fully saturated rings. The first-order chi connectivity index (χ1) is 14.3. The van der Waals surface area contributed by atoms with Crippen molar-refractivity contribution in [3.05, 3.63) is 47.0 Å². The summed E-state index contributed by atoms with van der Waals surface area (Å²) in [6.07, 6.45) is 4.86. The molecular weight excluding hydrogens is 378 g/mol. The maximum absolute atomic E-state index is 13.5. The Morgan fingerprint density at radius 1 is 1.30 bits per heavy atom. The number of H-pyrrole nitrogens is 2. The zero-order valence-electron chi connectivity index (χ0n) is 17.7. The van der Waals surface area contributed by atoms with Gasteiger partial charge in [-0.2, -0.15) is 5.10 Å². The Hall–Kier alpha value is -2.96. The van der Waals surface area contributed by atoms with Crippen LogP contribution in [-0.4, -0.2) is 49.3 Å². The number of ketones is 1. The van der Waals surface area contributed by atoms with Gasteiger partial charge < -0.3 is 9.88 Å². The Bertz CT molecular complexity index is 1140. The number of piperidine rings is 1. The molecule has 1 spiro atoms. The monoisotopic (exact) mass is 405 g/mol. The number of fused-ring (bicyclic) bond motifs is 2. The molecule has 7 nitrogen and oxygen atoms in total. The summed E-state index contributed by atoms with van der Waals surface area (Å²) in [5, 5.41) is 6.93. The second-order valence-electron chi connectivity index (χ2n) is 9.37. The summed E-state index contributed by atoms with van der Waals surface area (Å²) < 4.78 is 0. The van der Waals surface area contributed by atoms with Crippen LogP contribution in [0, 0.1) is 18.3 Å². The lowest BCUT2D eigenvalue weighted by Gasteiger charge is -2.49. The first-order valence-electron chi connectivity index (χ1n) is 10.7. The zero-order valence-corrected chi connectivity index (χ0v) is 17.7. The molecule has 1 aromatic carbocycles. The number of hydrogen-bond acceptors (Lipinski definition) is 4. The lowest BCUT2D eigenvalue weighted by atomic mass is 9.64. The lowest BCUT2D eigenvalue weighted by Crippen LogP contribution is -2.53. The predicted octanol–water partition coefficient (Wildman–Crippen LogP) is 3.67. The van der Waals surface area contributed by atoms with Gasteiger partial charge in [0.1, 0.15) is 11.5 Å². The number of rotatable bonds is 2. The molecule has 2 aromatic heterocycles. The van der Waals surface area contributed by atoms with Crippen LogP contribution in [0.4, 0.5) is 0 Å². The van der Waals surface area contributed by atoms with Crippen molar-refractivity contribution < 1.29 is 9.59 Å². The van der Waals surface area contributed by atoms with Crippen molar-refractivity contribution in [3.8, 4) is 0 Å². The highest BCUT2D eigenvalue weighted by atomic mass is 16.2. The van der Waals surface area contributed by atoms with Crippen molar-refractivity contribution in [2.75, 3.05) is 6.54 Å². The summed E-state index contributed by atoms with van der Waals surface area (Å²) in [6.45, 7) is 6.91. The van der Waals surface area contributed by atoms with Gasteiger partial charge in [-0.15, -0.1) is 0 Å². The second kappa shape index (κ2) is 6.79. The highest BCUT2D eigenvalue weighted by Gasteiger charge is 2.46. The molecule has 2 aliphatic rings. The molecule has 2 N–H and O–H groups in total. The average Bonchev–Trinajstić information content (AvgIpc) is 3.32. The average molecular weight is 406 g/mol. The number of carbonyl (C=O) groups excluding carboxylic acids is 2. The van der Waals surface area contributed by atoms with Crippen molar-refractivity contribution in [1.29, 1.82) is 0 Å². The highest BCUT2D eigenvalue weighted by molar-refractivity contribution is 5.98. The van der Waals surface area contributed by atoms with E-state index < -0.39 is 0 Å². The third kappa shape index (κ3) is 3.04. The molecule has 1 amide bonds. The number of amides is 1. The molecule has 3 aromatic rings. The van der Waals surface area contributed by atoms with E-state index in [1.165, 1.54) is 0 Å². The lowest BCUT2D eigenvalue weighted by molar-refractivity contribution is 0.0178. The number of aryl methyl sites for hydroxylation is 1. The van der Waals surface area contributed by atoms with Crippen LogP contribution in [-0.2, 0) is 6.42 Å². The molecule has 5 rings (SSSR count). The van der Waals surface area contributed by atoms with Crippen molar-refractivity contribution in [3.63, 3.8) is 0 Å². The van der Waals surface area contributed by atoms with Crippen molar-refractivity contribution in [1.82, 2.24) is 25.1 Å². The summed E-state index contributed by atoms with van der Waals surface area (Å²) in [5.74, 6) is 1.35. The summed E-state index contributed by atoms with van der Waals surface area (Å²) >= 11 is 0. The molecule has 0 bridgehead atoms. The highest BCUT2D eigenvalue weighted by Crippen LogP contribution is 2.46. The molecule has 30 heavy (non-hydrogen) atoms. The fourth-order valence-electron chi connectivity index (χ4n) is 5.36. The van der Waals surface area contributed by atoms with Crippen LogP contribution in [0.5, 0.6) is 0 Å². The van der Waals surface area contributed by atoms with Crippen molar-refractivity contribution in [2.24, 2.45) is 11.3 Å². The predicted molar refractivity (Wildman–Crippen MR) is 113 cm³/mol. The number of nitrogens with zero attached hydrogens (tertiary/aromatic N) is 3. The minimum atomic E-state index is -0.0804. The van der Waals surface area contributed by atoms with Crippen LogP contribution in [0.25, 0.3) is 11.0 Å². The van der Waals surface area contributed by atoms with Crippen LogP contribution >= 0.6 is 0 Å². The number of likely N-dealkylation sites (tertiary alicyclic amines) is 1. The van der Waals surface area contributed by atoms with E-state index in [1.54, 1.807) is 6.20 Å². The smallest absolute Gasteiger partial charge is 0.254 e. The zero-order chi connectivity index (χ0) is 21.0.